The molecule has 1 heterocycles. The lowest BCUT2D eigenvalue weighted by molar-refractivity contribution is 0.0988. The number of ketones is 1. The fourth-order valence-corrected chi connectivity index (χ4v) is 1.44. The first kappa shape index (κ1) is 10.4. The standard InChI is InChI=1S/C13H12N2O/c14-11-6-4-10(5-7-11)9-13(16)12-3-1-2-8-15-12/h1-8H,9,14H2. The van der Waals surface area contributed by atoms with Crippen molar-refractivity contribution in [2.45, 2.75) is 6.42 Å². The SMILES string of the molecule is Nc1ccc(CC(=O)c2ccccn2)cc1. The molecule has 0 aliphatic carbocycles. The van der Waals surface area contributed by atoms with Crippen molar-refractivity contribution >= 4 is 11.5 Å². The Labute approximate surface area is 93.9 Å². The minimum absolute atomic E-state index is 0.0189. The summed E-state index contributed by atoms with van der Waals surface area (Å²) in [6, 6.07) is 12.6. The second-order valence-electron chi connectivity index (χ2n) is 3.56. The van der Waals surface area contributed by atoms with Gasteiger partial charge in [-0.3, -0.25) is 9.78 Å². The number of anilines is 1. The van der Waals surface area contributed by atoms with E-state index in [1.54, 1.807) is 30.5 Å². The molecule has 0 aliphatic rings. The molecule has 1 aromatic carbocycles. The van der Waals surface area contributed by atoms with Gasteiger partial charge >= 0.3 is 0 Å². The predicted octanol–water partition coefficient (Wildman–Crippen LogP) is 2.09. The summed E-state index contributed by atoms with van der Waals surface area (Å²) in [6.07, 6.45) is 1.98. The van der Waals surface area contributed by atoms with Gasteiger partial charge in [0.2, 0.25) is 0 Å². The molecule has 0 fully saturated rings. The summed E-state index contributed by atoms with van der Waals surface area (Å²) in [4.78, 5) is 15.8. The Hall–Kier alpha value is -2.16. The lowest BCUT2D eigenvalue weighted by Gasteiger charge is -2.01. The number of nitrogens with two attached hydrogens (primary N) is 1. The fraction of sp³-hybridized carbons (Fsp3) is 0.0769. The van der Waals surface area contributed by atoms with Gasteiger partial charge in [0, 0.05) is 18.3 Å². The molecule has 16 heavy (non-hydrogen) atoms. The molecule has 0 spiro atoms. The Morgan fingerprint density at radius 2 is 1.88 bits per heavy atom. The molecule has 2 aromatic rings. The van der Waals surface area contributed by atoms with Gasteiger partial charge < -0.3 is 5.73 Å². The molecule has 2 rings (SSSR count). The Balaban J connectivity index is 2.11. The number of nitrogen functional groups attached to an aromatic ring is 1. The topological polar surface area (TPSA) is 56.0 Å². The zero-order valence-corrected chi connectivity index (χ0v) is 8.76. The van der Waals surface area contributed by atoms with E-state index in [9.17, 15) is 4.79 Å². The van der Waals surface area contributed by atoms with Gasteiger partial charge in [0.05, 0.1) is 0 Å². The molecule has 0 bridgehead atoms. The van der Waals surface area contributed by atoms with E-state index in [4.69, 9.17) is 5.73 Å². The van der Waals surface area contributed by atoms with Crippen LogP contribution < -0.4 is 5.73 Å². The number of carbonyl (C=O) groups excluding carboxylic acids is 1. The van der Waals surface area contributed by atoms with Crippen molar-refractivity contribution in [3.63, 3.8) is 0 Å². The Morgan fingerprint density at radius 3 is 2.50 bits per heavy atom. The summed E-state index contributed by atoms with van der Waals surface area (Å²) >= 11 is 0. The first-order chi connectivity index (χ1) is 7.75. The summed E-state index contributed by atoms with van der Waals surface area (Å²) < 4.78 is 0. The van der Waals surface area contributed by atoms with Crippen molar-refractivity contribution < 1.29 is 4.79 Å². The molecule has 0 radical (unpaired) electrons. The third-order valence-electron chi connectivity index (χ3n) is 2.29. The first-order valence-corrected chi connectivity index (χ1v) is 5.04. The van der Waals surface area contributed by atoms with Crippen LogP contribution in [0.3, 0.4) is 0 Å². The number of hydrogen-bond acceptors (Lipinski definition) is 3. The van der Waals surface area contributed by atoms with Crippen LogP contribution in [0.5, 0.6) is 0 Å². The van der Waals surface area contributed by atoms with Crippen molar-refractivity contribution in [3.05, 3.63) is 59.9 Å². The van der Waals surface area contributed by atoms with E-state index < -0.39 is 0 Å². The second-order valence-corrected chi connectivity index (χ2v) is 3.56. The molecule has 0 amide bonds. The highest BCUT2D eigenvalue weighted by molar-refractivity contribution is 5.95. The highest BCUT2D eigenvalue weighted by Crippen LogP contribution is 2.08. The van der Waals surface area contributed by atoms with Gasteiger partial charge in [-0.2, -0.15) is 0 Å². The molecule has 3 heteroatoms. The number of rotatable bonds is 3. The van der Waals surface area contributed by atoms with Crippen LogP contribution in [-0.4, -0.2) is 10.8 Å². The van der Waals surface area contributed by atoms with Crippen LogP contribution in [0.1, 0.15) is 16.1 Å². The largest absolute Gasteiger partial charge is 0.399 e. The Morgan fingerprint density at radius 1 is 1.12 bits per heavy atom. The molecule has 0 saturated carbocycles. The highest BCUT2D eigenvalue weighted by atomic mass is 16.1. The van der Waals surface area contributed by atoms with E-state index in [0.717, 1.165) is 5.56 Å². The number of nitrogens with zero attached hydrogens (tertiary/aromatic N) is 1. The number of aromatic nitrogens is 1. The van der Waals surface area contributed by atoms with Crippen molar-refractivity contribution in [2.75, 3.05) is 5.73 Å². The Kier molecular flexibility index (Phi) is 2.96. The first-order valence-electron chi connectivity index (χ1n) is 5.04. The van der Waals surface area contributed by atoms with Gasteiger partial charge in [-0.15, -0.1) is 0 Å². The summed E-state index contributed by atoms with van der Waals surface area (Å²) in [6.45, 7) is 0. The quantitative estimate of drug-likeness (QED) is 0.626. The second kappa shape index (κ2) is 4.57. The number of pyridine rings is 1. The zero-order valence-electron chi connectivity index (χ0n) is 8.76. The maximum Gasteiger partial charge on any atom is 0.185 e. The molecule has 0 unspecified atom stereocenters. The van der Waals surface area contributed by atoms with E-state index in [0.29, 0.717) is 17.8 Å². The van der Waals surface area contributed by atoms with Crippen molar-refractivity contribution in [1.29, 1.82) is 0 Å². The normalized spacial score (nSPS) is 10.0. The predicted molar refractivity (Wildman–Crippen MR) is 63.1 cm³/mol. The third-order valence-corrected chi connectivity index (χ3v) is 2.29. The lowest BCUT2D eigenvalue weighted by atomic mass is 10.1. The molecule has 1 aromatic heterocycles. The minimum atomic E-state index is 0.0189. The molecular weight excluding hydrogens is 200 g/mol. The van der Waals surface area contributed by atoms with Gasteiger partial charge in [-0.05, 0) is 29.8 Å². The van der Waals surface area contributed by atoms with Crippen molar-refractivity contribution in [2.24, 2.45) is 0 Å². The maximum absolute atomic E-state index is 11.8. The van der Waals surface area contributed by atoms with Gasteiger partial charge in [-0.1, -0.05) is 18.2 Å². The van der Waals surface area contributed by atoms with Crippen LogP contribution in [0, 0.1) is 0 Å². The van der Waals surface area contributed by atoms with E-state index in [2.05, 4.69) is 4.98 Å². The summed E-state index contributed by atoms with van der Waals surface area (Å²) in [5.74, 6) is 0.0189. The average molecular weight is 212 g/mol. The van der Waals surface area contributed by atoms with Crippen LogP contribution in [-0.2, 0) is 6.42 Å². The molecule has 0 atom stereocenters. The molecule has 80 valence electrons. The Bertz CT molecular complexity index is 477. The average Bonchev–Trinajstić information content (AvgIpc) is 2.33. The number of benzene rings is 1. The van der Waals surface area contributed by atoms with Gasteiger partial charge in [0.25, 0.3) is 0 Å². The summed E-state index contributed by atoms with van der Waals surface area (Å²) in [7, 11) is 0. The van der Waals surface area contributed by atoms with E-state index in [-0.39, 0.29) is 5.78 Å². The highest BCUT2D eigenvalue weighted by Gasteiger charge is 2.07. The third kappa shape index (κ3) is 2.45. The molecule has 2 N–H and O–H groups in total. The lowest BCUT2D eigenvalue weighted by Crippen LogP contribution is -2.05. The van der Waals surface area contributed by atoms with Crippen LogP contribution in [0.25, 0.3) is 0 Å². The van der Waals surface area contributed by atoms with E-state index in [1.165, 1.54) is 0 Å². The molecule has 0 saturated heterocycles. The van der Waals surface area contributed by atoms with Crippen LogP contribution >= 0.6 is 0 Å². The van der Waals surface area contributed by atoms with Crippen LogP contribution in [0.2, 0.25) is 0 Å². The maximum atomic E-state index is 11.8. The zero-order chi connectivity index (χ0) is 11.4. The van der Waals surface area contributed by atoms with Crippen LogP contribution in [0.4, 0.5) is 5.69 Å². The summed E-state index contributed by atoms with van der Waals surface area (Å²) in [5, 5.41) is 0. The van der Waals surface area contributed by atoms with Gasteiger partial charge in [0.15, 0.2) is 5.78 Å². The number of Topliss-reactive ketones (excluding diaryl/α,β-unsaturated/α-hetero) is 1. The van der Waals surface area contributed by atoms with Crippen LogP contribution in [0.15, 0.2) is 48.7 Å². The van der Waals surface area contributed by atoms with Crippen molar-refractivity contribution in [3.8, 4) is 0 Å². The van der Waals surface area contributed by atoms with Gasteiger partial charge in [-0.25, -0.2) is 0 Å². The molecular formula is C13H12N2O. The number of hydrogen-bond donors (Lipinski definition) is 1. The summed E-state index contributed by atoms with van der Waals surface area (Å²) in [5.41, 5.74) is 7.72. The molecule has 0 aliphatic heterocycles. The van der Waals surface area contributed by atoms with Gasteiger partial charge in [0.1, 0.15) is 5.69 Å². The fourth-order valence-electron chi connectivity index (χ4n) is 1.44. The smallest absolute Gasteiger partial charge is 0.185 e. The minimum Gasteiger partial charge on any atom is -0.399 e. The number of carbonyl (C=O) groups is 1. The molecule has 3 nitrogen and oxygen atoms in total. The van der Waals surface area contributed by atoms with E-state index >= 15 is 0 Å². The monoisotopic (exact) mass is 212 g/mol. The van der Waals surface area contributed by atoms with Crippen molar-refractivity contribution in [1.82, 2.24) is 4.98 Å². The van der Waals surface area contributed by atoms with E-state index in [1.807, 2.05) is 18.2 Å².